The van der Waals surface area contributed by atoms with Crippen molar-refractivity contribution < 1.29 is 4.73 Å². The maximum Gasteiger partial charge on any atom is 0.201 e. The standard InChI is InChI=1S/C27H24ClN7O/c1-17-2-5-19(14-29-17)24-8-9-25(31-24)23(12-18-3-4-18)27-10-6-20(15-35(27)36)22-13-21(28)7-11-26(22)34-16-30-32-33-34/h2,5-8,10-11,13-16,18,23H,3-4,9,12H2,1H3. The molecule has 3 aromatic heterocycles. The number of halogens is 1. The Morgan fingerprint density at radius 2 is 2.00 bits per heavy atom. The van der Waals surface area contributed by atoms with Gasteiger partial charge in [0.05, 0.1) is 17.3 Å². The molecule has 0 N–H and O–H groups in total. The minimum atomic E-state index is -0.0328. The average Bonchev–Trinajstić information content (AvgIpc) is 3.31. The first kappa shape index (κ1) is 22.5. The number of hydrogen-bond acceptors (Lipinski definition) is 6. The van der Waals surface area contributed by atoms with Crippen molar-refractivity contribution in [2.45, 2.75) is 38.5 Å². The molecule has 180 valence electrons. The van der Waals surface area contributed by atoms with E-state index < -0.39 is 0 Å². The summed E-state index contributed by atoms with van der Waals surface area (Å²) in [5, 5.41) is 25.5. The first-order valence-electron chi connectivity index (χ1n) is 12.0. The lowest BCUT2D eigenvalue weighted by molar-refractivity contribution is -0.614. The lowest BCUT2D eigenvalue weighted by Crippen LogP contribution is -2.35. The first-order valence-corrected chi connectivity index (χ1v) is 12.4. The van der Waals surface area contributed by atoms with Crippen molar-refractivity contribution in [2.24, 2.45) is 10.9 Å². The number of hydrogen-bond donors (Lipinski definition) is 0. The van der Waals surface area contributed by atoms with E-state index in [-0.39, 0.29) is 5.92 Å². The molecule has 1 fully saturated rings. The smallest absolute Gasteiger partial charge is 0.201 e. The van der Waals surface area contributed by atoms with Gasteiger partial charge < -0.3 is 5.21 Å². The monoisotopic (exact) mass is 497 g/mol. The van der Waals surface area contributed by atoms with Gasteiger partial charge in [0.15, 0.2) is 6.20 Å². The fraction of sp³-hybridized carbons (Fsp3) is 0.259. The minimum absolute atomic E-state index is 0.0328. The Morgan fingerprint density at radius 1 is 1.14 bits per heavy atom. The molecule has 4 heterocycles. The topological polar surface area (TPSA) is 95.8 Å². The van der Waals surface area contributed by atoms with Gasteiger partial charge >= 0.3 is 0 Å². The van der Waals surface area contributed by atoms with Crippen molar-refractivity contribution in [3.8, 4) is 16.8 Å². The van der Waals surface area contributed by atoms with Crippen LogP contribution < -0.4 is 4.73 Å². The van der Waals surface area contributed by atoms with Crippen molar-refractivity contribution >= 4 is 23.0 Å². The molecule has 4 aromatic rings. The van der Waals surface area contributed by atoms with Gasteiger partial charge in [-0.25, -0.2) is 0 Å². The number of aryl methyl sites for hydroxylation is 1. The molecule has 6 rings (SSSR count). The molecule has 0 saturated heterocycles. The zero-order chi connectivity index (χ0) is 24.6. The second kappa shape index (κ2) is 9.28. The van der Waals surface area contributed by atoms with E-state index in [4.69, 9.17) is 16.6 Å². The zero-order valence-electron chi connectivity index (χ0n) is 19.8. The van der Waals surface area contributed by atoms with Gasteiger partial charge in [-0.3, -0.25) is 9.98 Å². The molecule has 1 aromatic carbocycles. The molecule has 1 atom stereocenters. The molecule has 1 unspecified atom stereocenters. The second-order valence-electron chi connectivity index (χ2n) is 9.40. The van der Waals surface area contributed by atoms with Crippen LogP contribution in [-0.4, -0.2) is 30.9 Å². The summed E-state index contributed by atoms with van der Waals surface area (Å²) in [4.78, 5) is 9.38. The number of allylic oxidation sites excluding steroid dienone is 1. The van der Waals surface area contributed by atoms with Crippen LogP contribution in [0.15, 0.2) is 72.3 Å². The minimum Gasteiger partial charge on any atom is -0.618 e. The number of benzene rings is 1. The molecule has 2 aliphatic rings. The van der Waals surface area contributed by atoms with Crippen molar-refractivity contribution in [1.29, 1.82) is 0 Å². The molecule has 1 aliphatic carbocycles. The Bertz CT molecular complexity index is 1470. The lowest BCUT2D eigenvalue weighted by Gasteiger charge is -2.18. The zero-order valence-corrected chi connectivity index (χ0v) is 20.5. The van der Waals surface area contributed by atoms with Crippen LogP contribution in [0.4, 0.5) is 0 Å². The Labute approximate surface area is 213 Å². The summed E-state index contributed by atoms with van der Waals surface area (Å²) in [7, 11) is 0. The highest BCUT2D eigenvalue weighted by molar-refractivity contribution is 6.31. The van der Waals surface area contributed by atoms with Crippen molar-refractivity contribution in [2.75, 3.05) is 0 Å². The third-order valence-corrected chi connectivity index (χ3v) is 7.05. The quantitative estimate of drug-likeness (QED) is 0.262. The van der Waals surface area contributed by atoms with Crippen molar-refractivity contribution in [3.05, 3.63) is 94.4 Å². The summed E-state index contributed by atoms with van der Waals surface area (Å²) < 4.78 is 2.55. The number of nitrogens with zero attached hydrogens (tertiary/aromatic N) is 7. The van der Waals surface area contributed by atoms with Crippen LogP contribution >= 0.6 is 11.6 Å². The fourth-order valence-corrected chi connectivity index (χ4v) is 4.89. The Morgan fingerprint density at radius 3 is 2.72 bits per heavy atom. The molecule has 9 heteroatoms. The third kappa shape index (κ3) is 4.52. The van der Waals surface area contributed by atoms with E-state index >= 15 is 0 Å². The number of aliphatic imine (C=N–C) groups is 1. The van der Waals surface area contributed by atoms with Crippen LogP contribution in [0.2, 0.25) is 5.02 Å². The van der Waals surface area contributed by atoms with Crippen LogP contribution in [0.5, 0.6) is 0 Å². The predicted octanol–water partition coefficient (Wildman–Crippen LogP) is 5.09. The van der Waals surface area contributed by atoms with E-state index in [0.717, 1.165) is 57.1 Å². The molecule has 8 nitrogen and oxygen atoms in total. The number of tetrazole rings is 1. The fourth-order valence-electron chi connectivity index (χ4n) is 4.72. The summed E-state index contributed by atoms with van der Waals surface area (Å²) in [6.45, 7) is 1.97. The molecular weight excluding hydrogens is 474 g/mol. The summed E-state index contributed by atoms with van der Waals surface area (Å²) in [6, 6.07) is 13.4. The van der Waals surface area contributed by atoms with Gasteiger partial charge in [-0.2, -0.15) is 9.41 Å². The molecule has 0 radical (unpaired) electrons. The van der Waals surface area contributed by atoms with Gasteiger partial charge in [0.2, 0.25) is 5.69 Å². The molecule has 0 bridgehead atoms. The number of rotatable bonds is 7. The molecule has 1 aliphatic heterocycles. The lowest BCUT2D eigenvalue weighted by atomic mass is 9.90. The molecule has 0 spiro atoms. The average molecular weight is 498 g/mol. The Balaban J connectivity index is 1.34. The summed E-state index contributed by atoms with van der Waals surface area (Å²) >= 11 is 6.30. The van der Waals surface area contributed by atoms with Gasteiger partial charge in [0.25, 0.3) is 0 Å². The highest BCUT2D eigenvalue weighted by Gasteiger charge is 2.34. The van der Waals surface area contributed by atoms with Gasteiger partial charge in [-0.05, 0) is 66.1 Å². The van der Waals surface area contributed by atoms with E-state index in [0.29, 0.717) is 16.6 Å². The van der Waals surface area contributed by atoms with E-state index in [1.807, 2.05) is 49.5 Å². The Hall–Kier alpha value is -3.91. The second-order valence-corrected chi connectivity index (χ2v) is 9.84. The largest absolute Gasteiger partial charge is 0.618 e. The van der Waals surface area contributed by atoms with Crippen molar-refractivity contribution in [1.82, 2.24) is 25.2 Å². The van der Waals surface area contributed by atoms with E-state index in [1.165, 1.54) is 19.2 Å². The third-order valence-electron chi connectivity index (χ3n) is 6.81. The van der Waals surface area contributed by atoms with Gasteiger partial charge in [0.1, 0.15) is 6.33 Å². The van der Waals surface area contributed by atoms with Gasteiger partial charge in [-0.1, -0.05) is 30.5 Å². The van der Waals surface area contributed by atoms with Crippen LogP contribution in [0.3, 0.4) is 0 Å². The summed E-state index contributed by atoms with van der Waals surface area (Å²) in [6.07, 6.45) is 11.2. The highest BCUT2D eigenvalue weighted by Crippen LogP contribution is 2.41. The maximum atomic E-state index is 13.4. The Kier molecular flexibility index (Phi) is 5.81. The van der Waals surface area contributed by atoms with E-state index in [9.17, 15) is 5.21 Å². The normalized spacial score (nSPS) is 16.1. The van der Waals surface area contributed by atoms with Crippen LogP contribution in [0, 0.1) is 18.0 Å². The van der Waals surface area contributed by atoms with E-state index in [2.05, 4.69) is 26.6 Å². The number of aromatic nitrogens is 6. The van der Waals surface area contributed by atoms with Gasteiger partial charge in [0, 0.05) is 51.8 Å². The number of pyridine rings is 2. The molecular formula is C27H24ClN7O. The summed E-state index contributed by atoms with van der Waals surface area (Å²) in [5.74, 6) is 0.608. The maximum absolute atomic E-state index is 13.4. The highest BCUT2D eigenvalue weighted by atomic mass is 35.5. The van der Waals surface area contributed by atoms with Crippen LogP contribution in [0.1, 0.15) is 48.6 Å². The van der Waals surface area contributed by atoms with Crippen LogP contribution in [-0.2, 0) is 0 Å². The van der Waals surface area contributed by atoms with E-state index in [1.54, 1.807) is 16.9 Å². The molecule has 0 amide bonds. The molecule has 1 saturated carbocycles. The summed E-state index contributed by atoms with van der Waals surface area (Å²) in [5.41, 5.74) is 6.91. The van der Waals surface area contributed by atoms with Gasteiger partial charge in [-0.15, -0.1) is 5.10 Å². The SMILES string of the molecule is Cc1ccc(C2=CCC(C(CC3CC3)c3ccc(-c4cc(Cl)ccc4-n4cnnn4)c[n+]3[O-])=N2)cn1. The van der Waals surface area contributed by atoms with Crippen LogP contribution in [0.25, 0.3) is 22.5 Å². The predicted molar refractivity (Wildman–Crippen MR) is 138 cm³/mol. The molecule has 36 heavy (non-hydrogen) atoms. The van der Waals surface area contributed by atoms with Crippen molar-refractivity contribution in [3.63, 3.8) is 0 Å². The first-order chi connectivity index (χ1) is 17.5.